The van der Waals surface area contributed by atoms with E-state index in [1.807, 2.05) is 0 Å². The molecule has 4 rings (SSSR count). The quantitative estimate of drug-likeness (QED) is 0.727. The SMILES string of the molecule is C=C(NCC(O)CN1CCc2ccccc2C1)C1=CN2CCCCC2N1. The van der Waals surface area contributed by atoms with Gasteiger partial charge in [0.1, 0.15) is 0 Å². The van der Waals surface area contributed by atoms with E-state index in [1.165, 1.54) is 30.4 Å². The summed E-state index contributed by atoms with van der Waals surface area (Å²) in [7, 11) is 0. The van der Waals surface area contributed by atoms with Crippen molar-refractivity contribution in [1.82, 2.24) is 20.4 Å². The minimum Gasteiger partial charge on any atom is -0.390 e. The van der Waals surface area contributed by atoms with E-state index in [2.05, 4.69) is 57.5 Å². The van der Waals surface area contributed by atoms with Crippen LogP contribution in [0.4, 0.5) is 0 Å². The normalized spacial score (nSPS) is 23.5. The van der Waals surface area contributed by atoms with Crippen LogP contribution < -0.4 is 10.6 Å². The van der Waals surface area contributed by atoms with Crippen LogP contribution in [-0.2, 0) is 13.0 Å². The van der Waals surface area contributed by atoms with Gasteiger partial charge < -0.3 is 20.6 Å². The smallest absolute Gasteiger partial charge is 0.0986 e. The zero-order valence-electron chi connectivity index (χ0n) is 15.5. The molecule has 0 radical (unpaired) electrons. The summed E-state index contributed by atoms with van der Waals surface area (Å²) in [6, 6.07) is 8.61. The summed E-state index contributed by atoms with van der Waals surface area (Å²) >= 11 is 0. The molecule has 0 spiro atoms. The highest BCUT2D eigenvalue weighted by Gasteiger charge is 2.27. The molecule has 1 aromatic rings. The molecule has 3 N–H and O–H groups in total. The third kappa shape index (κ3) is 3.89. The predicted molar refractivity (Wildman–Crippen MR) is 104 cm³/mol. The third-order valence-corrected chi connectivity index (χ3v) is 5.72. The highest BCUT2D eigenvalue weighted by molar-refractivity contribution is 5.30. The molecule has 0 aromatic heterocycles. The lowest BCUT2D eigenvalue weighted by molar-refractivity contribution is 0.106. The molecule has 0 saturated carbocycles. The van der Waals surface area contributed by atoms with Crippen molar-refractivity contribution in [3.05, 3.63) is 59.6 Å². The molecular formula is C21H30N4O. The first kappa shape index (κ1) is 17.4. The lowest BCUT2D eigenvalue weighted by atomic mass is 10.00. The van der Waals surface area contributed by atoms with Crippen molar-refractivity contribution in [3.8, 4) is 0 Å². The lowest BCUT2D eigenvalue weighted by Crippen LogP contribution is -2.41. The molecule has 0 amide bonds. The molecule has 3 heterocycles. The lowest BCUT2D eigenvalue weighted by Gasteiger charge is -2.30. The number of hydrogen-bond donors (Lipinski definition) is 3. The Bertz CT molecular complexity index is 686. The summed E-state index contributed by atoms with van der Waals surface area (Å²) in [6.07, 6.45) is 7.00. The molecular weight excluding hydrogens is 324 g/mol. The van der Waals surface area contributed by atoms with Crippen molar-refractivity contribution in [1.29, 1.82) is 0 Å². The molecule has 1 aromatic carbocycles. The summed E-state index contributed by atoms with van der Waals surface area (Å²) < 4.78 is 0. The van der Waals surface area contributed by atoms with E-state index < -0.39 is 6.10 Å². The number of nitrogens with zero attached hydrogens (tertiary/aromatic N) is 2. The van der Waals surface area contributed by atoms with Crippen LogP contribution in [0.15, 0.2) is 48.4 Å². The van der Waals surface area contributed by atoms with Crippen LogP contribution in [0.5, 0.6) is 0 Å². The second-order valence-electron chi connectivity index (χ2n) is 7.70. The first-order valence-corrected chi connectivity index (χ1v) is 9.83. The van der Waals surface area contributed by atoms with Gasteiger partial charge in [-0.1, -0.05) is 30.8 Å². The number of nitrogens with one attached hydrogen (secondary N) is 2. The van der Waals surface area contributed by atoms with Crippen LogP contribution in [0, 0.1) is 0 Å². The molecule has 2 unspecified atom stereocenters. The van der Waals surface area contributed by atoms with E-state index in [9.17, 15) is 5.11 Å². The fraction of sp³-hybridized carbons (Fsp3) is 0.524. The zero-order chi connectivity index (χ0) is 17.9. The average Bonchev–Trinajstić information content (AvgIpc) is 3.10. The number of hydrogen-bond acceptors (Lipinski definition) is 5. The van der Waals surface area contributed by atoms with Crippen molar-refractivity contribution in [2.75, 3.05) is 26.2 Å². The molecule has 0 aliphatic carbocycles. The van der Waals surface area contributed by atoms with Gasteiger partial charge in [0.25, 0.3) is 0 Å². The maximum absolute atomic E-state index is 10.5. The Morgan fingerprint density at radius 3 is 2.96 bits per heavy atom. The Kier molecular flexibility index (Phi) is 5.18. The van der Waals surface area contributed by atoms with Gasteiger partial charge in [0.15, 0.2) is 0 Å². The van der Waals surface area contributed by atoms with E-state index >= 15 is 0 Å². The molecule has 3 aliphatic heterocycles. The topological polar surface area (TPSA) is 50.8 Å². The Balaban J connectivity index is 1.23. The van der Waals surface area contributed by atoms with Crippen LogP contribution in [0.25, 0.3) is 0 Å². The van der Waals surface area contributed by atoms with Crippen LogP contribution >= 0.6 is 0 Å². The van der Waals surface area contributed by atoms with Crippen LogP contribution in [0.3, 0.4) is 0 Å². The van der Waals surface area contributed by atoms with Gasteiger partial charge in [0.2, 0.25) is 0 Å². The maximum atomic E-state index is 10.5. The van der Waals surface area contributed by atoms with Crippen LogP contribution in [0.1, 0.15) is 30.4 Å². The van der Waals surface area contributed by atoms with Crippen LogP contribution in [0.2, 0.25) is 0 Å². The third-order valence-electron chi connectivity index (χ3n) is 5.72. The molecule has 140 valence electrons. The van der Waals surface area contributed by atoms with Gasteiger partial charge >= 0.3 is 0 Å². The highest BCUT2D eigenvalue weighted by Crippen LogP contribution is 2.23. The second kappa shape index (κ2) is 7.72. The number of aliphatic hydroxyl groups is 1. The summed E-state index contributed by atoms with van der Waals surface area (Å²) in [5, 5.41) is 17.3. The molecule has 26 heavy (non-hydrogen) atoms. The molecule has 3 aliphatic rings. The summed E-state index contributed by atoms with van der Waals surface area (Å²) in [4.78, 5) is 4.71. The Labute approximate surface area is 156 Å². The molecule has 5 heteroatoms. The summed E-state index contributed by atoms with van der Waals surface area (Å²) in [5.41, 5.74) is 4.78. The molecule has 0 bridgehead atoms. The minimum atomic E-state index is -0.401. The number of rotatable bonds is 6. The Morgan fingerprint density at radius 1 is 1.27 bits per heavy atom. The number of β-amino-alcohol motifs (C(OH)–C–C–N with tert-alkyl or cyclic N) is 1. The number of aliphatic hydroxyl groups excluding tert-OH is 1. The first-order valence-electron chi connectivity index (χ1n) is 9.83. The average molecular weight is 354 g/mol. The van der Waals surface area contributed by atoms with Crippen molar-refractivity contribution in [3.63, 3.8) is 0 Å². The molecule has 5 nitrogen and oxygen atoms in total. The van der Waals surface area contributed by atoms with Crippen molar-refractivity contribution >= 4 is 0 Å². The standard InChI is InChI=1S/C21H30N4O/c1-16(20-15-25-10-5-4-8-21(25)23-20)22-12-19(26)14-24-11-9-17-6-2-3-7-18(17)13-24/h2-3,6-7,15,19,21-23,26H,1,4-5,8-14H2. The number of piperidine rings is 1. The van der Waals surface area contributed by atoms with Crippen molar-refractivity contribution in [2.45, 2.75) is 44.5 Å². The van der Waals surface area contributed by atoms with Gasteiger partial charge in [-0.2, -0.15) is 0 Å². The summed E-state index contributed by atoms with van der Waals surface area (Å²) in [5.74, 6) is 0. The van der Waals surface area contributed by atoms with Gasteiger partial charge in [-0.3, -0.25) is 4.90 Å². The first-order chi connectivity index (χ1) is 12.7. The van der Waals surface area contributed by atoms with Gasteiger partial charge in [-0.25, -0.2) is 0 Å². The summed E-state index contributed by atoms with van der Waals surface area (Å²) in [6.45, 7) is 8.43. The second-order valence-corrected chi connectivity index (χ2v) is 7.70. The van der Waals surface area contributed by atoms with Crippen LogP contribution in [-0.4, -0.2) is 53.4 Å². The largest absolute Gasteiger partial charge is 0.390 e. The highest BCUT2D eigenvalue weighted by atomic mass is 16.3. The van der Waals surface area contributed by atoms with Gasteiger partial charge in [0.05, 0.1) is 23.7 Å². The zero-order valence-corrected chi connectivity index (χ0v) is 15.5. The van der Waals surface area contributed by atoms with E-state index in [1.54, 1.807) is 0 Å². The molecule has 1 fully saturated rings. The monoisotopic (exact) mass is 354 g/mol. The van der Waals surface area contributed by atoms with E-state index in [0.29, 0.717) is 19.3 Å². The van der Waals surface area contributed by atoms with Gasteiger partial charge in [-0.05, 0) is 36.8 Å². The predicted octanol–water partition coefficient (Wildman–Crippen LogP) is 1.77. The molecule has 2 atom stereocenters. The van der Waals surface area contributed by atoms with Crippen molar-refractivity contribution < 1.29 is 5.11 Å². The minimum absolute atomic E-state index is 0.401. The van der Waals surface area contributed by atoms with Crippen molar-refractivity contribution in [2.24, 2.45) is 0 Å². The van der Waals surface area contributed by atoms with E-state index in [0.717, 1.165) is 37.4 Å². The Morgan fingerprint density at radius 2 is 2.12 bits per heavy atom. The maximum Gasteiger partial charge on any atom is 0.0986 e. The van der Waals surface area contributed by atoms with Gasteiger partial charge in [-0.15, -0.1) is 0 Å². The van der Waals surface area contributed by atoms with Gasteiger partial charge in [0, 0.05) is 38.9 Å². The van der Waals surface area contributed by atoms with E-state index in [4.69, 9.17) is 0 Å². The number of benzene rings is 1. The Hall–Kier alpha value is -1.98. The van der Waals surface area contributed by atoms with E-state index in [-0.39, 0.29) is 0 Å². The fourth-order valence-corrected chi connectivity index (χ4v) is 4.22. The molecule has 1 saturated heterocycles. The number of fused-ring (bicyclic) bond motifs is 2. The fourth-order valence-electron chi connectivity index (χ4n) is 4.22.